The maximum absolute atomic E-state index is 15.1. The van der Waals surface area contributed by atoms with Gasteiger partial charge in [-0.2, -0.15) is 0 Å². The van der Waals surface area contributed by atoms with E-state index in [-0.39, 0.29) is 29.0 Å². The summed E-state index contributed by atoms with van der Waals surface area (Å²) < 4.78 is 20.5. The third-order valence-corrected chi connectivity index (χ3v) is 6.46. The molecule has 0 aliphatic carbocycles. The van der Waals surface area contributed by atoms with E-state index in [0.29, 0.717) is 16.8 Å². The number of ketones is 1. The predicted octanol–water partition coefficient (Wildman–Crippen LogP) is 5.46. The van der Waals surface area contributed by atoms with Crippen LogP contribution in [0.2, 0.25) is 0 Å². The molecule has 0 saturated heterocycles. The summed E-state index contributed by atoms with van der Waals surface area (Å²) in [7, 11) is 1.64. The van der Waals surface area contributed by atoms with Crippen LogP contribution in [0.25, 0.3) is 22.0 Å². The van der Waals surface area contributed by atoms with Gasteiger partial charge >= 0.3 is 0 Å². The molecule has 186 valence electrons. The molecule has 0 amide bonds. The molecule has 1 aliphatic rings. The molecular weight excluding hydrogens is 455 g/mol. The minimum atomic E-state index is -1.03. The van der Waals surface area contributed by atoms with Crippen molar-refractivity contribution >= 4 is 28.2 Å². The molecule has 1 atom stereocenters. The van der Waals surface area contributed by atoms with Crippen molar-refractivity contribution in [1.29, 1.82) is 5.41 Å². The number of benzene rings is 2. The number of aryl methyl sites for hydroxylation is 1. The van der Waals surface area contributed by atoms with E-state index >= 15 is 4.39 Å². The molecule has 0 saturated carbocycles. The summed E-state index contributed by atoms with van der Waals surface area (Å²) >= 11 is 0. The molecule has 3 aromatic rings. The van der Waals surface area contributed by atoms with E-state index in [1.165, 1.54) is 6.07 Å². The Morgan fingerprint density at radius 2 is 1.89 bits per heavy atom. The summed E-state index contributed by atoms with van der Waals surface area (Å²) in [5, 5.41) is 9.06. The van der Waals surface area contributed by atoms with Crippen LogP contribution in [0.5, 0.6) is 5.75 Å². The molecule has 0 radical (unpaired) electrons. The second kappa shape index (κ2) is 9.74. The largest absolute Gasteiger partial charge is 0.496 e. The predicted molar refractivity (Wildman–Crippen MR) is 142 cm³/mol. The van der Waals surface area contributed by atoms with Gasteiger partial charge in [0.25, 0.3) is 0 Å². The average molecular weight is 487 g/mol. The first-order valence-corrected chi connectivity index (χ1v) is 11.9. The minimum Gasteiger partial charge on any atom is -0.496 e. The molecule has 2 aromatic carbocycles. The first kappa shape index (κ1) is 25.4. The van der Waals surface area contributed by atoms with Crippen LogP contribution in [0.15, 0.2) is 59.2 Å². The van der Waals surface area contributed by atoms with Crippen LogP contribution in [-0.4, -0.2) is 35.5 Å². The zero-order valence-electron chi connectivity index (χ0n) is 21.3. The molecule has 2 heterocycles. The number of nitrogens with zero attached hydrogens (tertiary/aromatic N) is 2. The van der Waals surface area contributed by atoms with E-state index in [9.17, 15) is 4.79 Å². The summed E-state index contributed by atoms with van der Waals surface area (Å²) in [6, 6.07) is 9.69. The van der Waals surface area contributed by atoms with Gasteiger partial charge in [0.2, 0.25) is 0 Å². The number of carbonyl (C=O) groups excluding carboxylic acids is 1. The molecule has 0 bridgehead atoms. The van der Waals surface area contributed by atoms with Gasteiger partial charge in [0.1, 0.15) is 17.4 Å². The van der Waals surface area contributed by atoms with Gasteiger partial charge in [0, 0.05) is 46.3 Å². The summed E-state index contributed by atoms with van der Waals surface area (Å²) in [4.78, 5) is 21.6. The molecular formula is C29H31FN4O2. The lowest BCUT2D eigenvalue weighted by Crippen LogP contribution is -2.35. The third-order valence-electron chi connectivity index (χ3n) is 6.46. The van der Waals surface area contributed by atoms with Gasteiger partial charge in [-0.25, -0.2) is 9.38 Å². The van der Waals surface area contributed by atoms with Crippen LogP contribution >= 0.6 is 0 Å². The monoisotopic (exact) mass is 486 g/mol. The maximum atomic E-state index is 15.1. The van der Waals surface area contributed by atoms with E-state index in [0.717, 1.165) is 34.2 Å². The van der Waals surface area contributed by atoms with Crippen molar-refractivity contribution in [3.63, 3.8) is 0 Å². The van der Waals surface area contributed by atoms with Gasteiger partial charge in [-0.15, -0.1) is 0 Å². The molecule has 36 heavy (non-hydrogen) atoms. The Labute approximate surface area is 210 Å². The number of hydrogen-bond donors (Lipinski definition) is 2. The maximum Gasteiger partial charge on any atom is 0.158 e. The highest BCUT2D eigenvalue weighted by Crippen LogP contribution is 2.30. The summed E-state index contributed by atoms with van der Waals surface area (Å²) in [5.74, 6) is -0.0619. The zero-order valence-corrected chi connectivity index (χ0v) is 21.3. The number of halogens is 1. The van der Waals surface area contributed by atoms with Gasteiger partial charge in [0.05, 0.1) is 18.7 Å². The smallest absolute Gasteiger partial charge is 0.158 e. The number of aliphatic imine (C=N–C) groups is 1. The Balaban J connectivity index is 1.55. The van der Waals surface area contributed by atoms with Gasteiger partial charge in [-0.1, -0.05) is 39.8 Å². The fourth-order valence-corrected chi connectivity index (χ4v) is 4.22. The second-order valence-electron chi connectivity index (χ2n) is 10.1. The van der Waals surface area contributed by atoms with E-state index < -0.39 is 11.9 Å². The van der Waals surface area contributed by atoms with Crippen LogP contribution in [-0.2, 0) is 17.6 Å². The molecule has 1 aliphatic heterocycles. The summed E-state index contributed by atoms with van der Waals surface area (Å²) in [6.45, 7) is 8.00. The summed E-state index contributed by atoms with van der Waals surface area (Å²) in [5.41, 5.74) is 10.5. The Morgan fingerprint density at radius 1 is 1.14 bits per heavy atom. The number of fused-ring (bicyclic) bond motifs is 1. The number of aromatic nitrogens is 1. The number of allylic oxidation sites excluding steroid dienone is 1. The van der Waals surface area contributed by atoms with Crippen LogP contribution in [0.4, 0.5) is 4.39 Å². The lowest BCUT2D eigenvalue weighted by atomic mass is 9.88. The van der Waals surface area contributed by atoms with Crippen molar-refractivity contribution in [3.8, 4) is 16.9 Å². The highest BCUT2D eigenvalue weighted by molar-refractivity contribution is 6.21. The van der Waals surface area contributed by atoms with Gasteiger partial charge in [-0.05, 0) is 47.4 Å². The molecule has 3 N–H and O–H groups in total. The first-order chi connectivity index (χ1) is 17.0. The highest BCUT2D eigenvalue weighted by atomic mass is 19.1. The zero-order chi connectivity index (χ0) is 26.2. The number of rotatable bonds is 7. The van der Waals surface area contributed by atoms with Crippen molar-refractivity contribution in [3.05, 3.63) is 71.2 Å². The number of nitrogens with one attached hydrogen (secondary N) is 1. The number of nitrogens with two attached hydrogens (primary N) is 1. The SMILES string of the molecule is CCc1cc2cc(-c3ccc(CC(=O)C(N)C4=CC(C(C)(C)C)=NC4=N)c(F)c3)cnc2cc1OC. The van der Waals surface area contributed by atoms with Crippen molar-refractivity contribution in [2.24, 2.45) is 16.1 Å². The van der Waals surface area contributed by atoms with Crippen LogP contribution in [0, 0.1) is 16.6 Å². The fraction of sp³-hybridized carbons (Fsp3) is 0.310. The molecule has 4 rings (SSSR count). The average Bonchev–Trinajstić information content (AvgIpc) is 3.25. The Hall–Kier alpha value is -3.71. The topological polar surface area (TPSA) is 101 Å². The number of ether oxygens (including phenoxy) is 1. The van der Waals surface area contributed by atoms with E-state index in [1.807, 2.05) is 39.0 Å². The number of carbonyl (C=O) groups is 1. The van der Waals surface area contributed by atoms with Crippen molar-refractivity contribution in [2.45, 2.75) is 46.6 Å². The van der Waals surface area contributed by atoms with E-state index in [1.54, 1.807) is 31.5 Å². The minimum absolute atomic E-state index is 0.00995. The Morgan fingerprint density at radius 3 is 2.50 bits per heavy atom. The molecule has 6 nitrogen and oxygen atoms in total. The number of amidine groups is 1. The first-order valence-electron chi connectivity index (χ1n) is 11.9. The molecule has 1 unspecified atom stereocenters. The fourth-order valence-electron chi connectivity index (χ4n) is 4.22. The lowest BCUT2D eigenvalue weighted by Gasteiger charge is -2.16. The number of methoxy groups -OCH3 is 1. The highest BCUT2D eigenvalue weighted by Gasteiger charge is 2.30. The molecule has 7 heteroatoms. The van der Waals surface area contributed by atoms with E-state index in [2.05, 4.69) is 16.9 Å². The van der Waals surface area contributed by atoms with E-state index in [4.69, 9.17) is 15.9 Å². The molecule has 0 spiro atoms. The van der Waals surface area contributed by atoms with Crippen LogP contribution in [0.1, 0.15) is 38.8 Å². The van der Waals surface area contributed by atoms with Gasteiger partial charge < -0.3 is 10.5 Å². The van der Waals surface area contributed by atoms with Crippen LogP contribution < -0.4 is 10.5 Å². The van der Waals surface area contributed by atoms with Crippen molar-refractivity contribution in [2.75, 3.05) is 7.11 Å². The quantitative estimate of drug-likeness (QED) is 0.463. The van der Waals surface area contributed by atoms with Gasteiger partial charge in [-0.3, -0.25) is 15.2 Å². The Kier molecular flexibility index (Phi) is 6.87. The number of Topliss-reactive ketones (excluding diaryl/α,β-unsaturated/α-hetero) is 1. The van der Waals surface area contributed by atoms with Gasteiger partial charge in [0.15, 0.2) is 5.78 Å². The van der Waals surface area contributed by atoms with Crippen molar-refractivity contribution < 1.29 is 13.9 Å². The standard InChI is InChI=1S/C29H31FN4O2/c1-6-16-9-19-10-20(15-33-23(19)14-25(16)36-5)17-7-8-18(22(30)11-17)12-24(35)27(31)21-13-26(29(2,3)4)34-28(21)32/h7-11,13-15,27,32H,6,12,31H2,1-5H3. The molecule has 1 aromatic heterocycles. The lowest BCUT2D eigenvalue weighted by molar-refractivity contribution is -0.118. The normalized spacial score (nSPS) is 14.6. The Bertz CT molecular complexity index is 1430. The second-order valence-corrected chi connectivity index (χ2v) is 10.1. The molecule has 0 fully saturated rings. The van der Waals surface area contributed by atoms with Crippen LogP contribution in [0.3, 0.4) is 0 Å². The summed E-state index contributed by atoms with van der Waals surface area (Å²) in [6.07, 6.45) is 4.06. The van der Waals surface area contributed by atoms with Crippen molar-refractivity contribution in [1.82, 2.24) is 4.98 Å². The number of pyridine rings is 1. The third kappa shape index (κ3) is 4.97. The number of hydrogen-bond acceptors (Lipinski definition) is 5.